The van der Waals surface area contributed by atoms with Crippen LogP contribution < -0.4 is 4.90 Å². The smallest absolute Gasteiger partial charge is 0.0467 e. The lowest BCUT2D eigenvalue weighted by atomic mass is 9.94. The molecule has 9 aromatic carbocycles. The van der Waals surface area contributed by atoms with Crippen LogP contribution in [0.3, 0.4) is 0 Å². The van der Waals surface area contributed by atoms with Gasteiger partial charge in [-0.05, 0) is 102 Å². The first-order valence-electron chi connectivity index (χ1n) is 17.5. The summed E-state index contributed by atoms with van der Waals surface area (Å²) in [5, 5.41) is 4.99. The Morgan fingerprint density at radius 2 is 0.627 bits per heavy atom. The van der Waals surface area contributed by atoms with Gasteiger partial charge in [-0.1, -0.05) is 176 Å². The van der Waals surface area contributed by atoms with Crippen LogP contribution in [0.15, 0.2) is 212 Å². The summed E-state index contributed by atoms with van der Waals surface area (Å²) >= 11 is 0. The Labute approximate surface area is 299 Å². The van der Waals surface area contributed by atoms with E-state index in [0.717, 1.165) is 17.1 Å². The van der Waals surface area contributed by atoms with E-state index < -0.39 is 0 Å². The van der Waals surface area contributed by atoms with Crippen LogP contribution in [0.5, 0.6) is 0 Å². The lowest BCUT2D eigenvalue weighted by Crippen LogP contribution is -2.10. The summed E-state index contributed by atoms with van der Waals surface area (Å²) in [6.45, 7) is 0. The number of hydrogen-bond donors (Lipinski definition) is 0. The van der Waals surface area contributed by atoms with E-state index in [4.69, 9.17) is 0 Å². The molecule has 0 bridgehead atoms. The van der Waals surface area contributed by atoms with Crippen LogP contribution >= 0.6 is 0 Å². The normalized spacial score (nSPS) is 11.1. The van der Waals surface area contributed by atoms with E-state index >= 15 is 0 Å². The van der Waals surface area contributed by atoms with Crippen LogP contribution in [0.25, 0.3) is 66.1 Å². The van der Waals surface area contributed by atoms with Gasteiger partial charge < -0.3 is 4.90 Å². The van der Waals surface area contributed by atoms with Gasteiger partial charge in [-0.2, -0.15) is 0 Å². The highest BCUT2D eigenvalue weighted by atomic mass is 15.1. The highest BCUT2D eigenvalue weighted by Crippen LogP contribution is 2.41. The second-order valence-corrected chi connectivity index (χ2v) is 12.9. The maximum absolute atomic E-state index is 2.39. The van der Waals surface area contributed by atoms with E-state index in [0.29, 0.717) is 0 Å². The van der Waals surface area contributed by atoms with E-state index in [-0.39, 0.29) is 0 Å². The van der Waals surface area contributed by atoms with Crippen molar-refractivity contribution in [3.63, 3.8) is 0 Å². The predicted molar refractivity (Wildman–Crippen MR) is 218 cm³/mol. The van der Waals surface area contributed by atoms with Gasteiger partial charge in [0.05, 0.1) is 0 Å². The highest BCUT2D eigenvalue weighted by molar-refractivity contribution is 5.99. The molecular formula is C50H35N. The van der Waals surface area contributed by atoms with E-state index in [1.165, 1.54) is 66.1 Å². The van der Waals surface area contributed by atoms with Gasteiger partial charge >= 0.3 is 0 Å². The third-order valence-electron chi connectivity index (χ3n) is 9.86. The Hall–Kier alpha value is -6.70. The Morgan fingerprint density at radius 1 is 0.235 bits per heavy atom. The maximum atomic E-state index is 2.39. The third kappa shape index (κ3) is 5.86. The zero-order chi connectivity index (χ0) is 34.0. The highest BCUT2D eigenvalue weighted by Gasteiger charge is 2.17. The van der Waals surface area contributed by atoms with Crippen molar-refractivity contribution in [1.29, 1.82) is 0 Å². The summed E-state index contributed by atoms with van der Waals surface area (Å²) < 4.78 is 0. The zero-order valence-electron chi connectivity index (χ0n) is 28.2. The zero-order valence-corrected chi connectivity index (χ0v) is 28.2. The summed E-state index contributed by atoms with van der Waals surface area (Å²) in [6, 6.07) is 76.6. The number of anilines is 3. The molecule has 9 rings (SSSR count). The second-order valence-electron chi connectivity index (χ2n) is 12.9. The number of rotatable bonds is 7. The van der Waals surface area contributed by atoms with Crippen molar-refractivity contribution < 1.29 is 0 Å². The second kappa shape index (κ2) is 13.3. The van der Waals surface area contributed by atoms with Gasteiger partial charge in [0.1, 0.15) is 0 Å². The fourth-order valence-electron chi connectivity index (χ4n) is 7.42. The van der Waals surface area contributed by atoms with Crippen LogP contribution in [0.4, 0.5) is 17.1 Å². The Morgan fingerprint density at radius 3 is 1.18 bits per heavy atom. The molecule has 0 heterocycles. The van der Waals surface area contributed by atoms with Crippen LogP contribution in [-0.4, -0.2) is 0 Å². The molecule has 0 unspecified atom stereocenters. The number of fused-ring (bicyclic) bond motifs is 2. The van der Waals surface area contributed by atoms with Crippen molar-refractivity contribution in [3.05, 3.63) is 212 Å². The van der Waals surface area contributed by atoms with Gasteiger partial charge in [0, 0.05) is 17.1 Å². The maximum Gasteiger partial charge on any atom is 0.0467 e. The number of benzene rings is 9. The molecule has 0 aliphatic carbocycles. The van der Waals surface area contributed by atoms with Gasteiger partial charge in [-0.15, -0.1) is 0 Å². The molecule has 240 valence electrons. The van der Waals surface area contributed by atoms with Crippen molar-refractivity contribution in [2.75, 3.05) is 4.90 Å². The summed E-state index contributed by atoms with van der Waals surface area (Å²) in [5.41, 5.74) is 13.0. The number of hydrogen-bond acceptors (Lipinski definition) is 1. The Bertz CT molecular complexity index is 2500. The molecule has 0 radical (unpaired) electrons. The molecule has 0 saturated heterocycles. The summed E-state index contributed by atoms with van der Waals surface area (Å²) in [4.78, 5) is 2.39. The van der Waals surface area contributed by atoms with E-state index in [9.17, 15) is 0 Å². The fourth-order valence-corrected chi connectivity index (χ4v) is 7.42. The molecule has 1 nitrogen and oxygen atoms in total. The van der Waals surface area contributed by atoms with Gasteiger partial charge in [0.25, 0.3) is 0 Å². The quantitative estimate of drug-likeness (QED) is 0.166. The topological polar surface area (TPSA) is 3.24 Å². The average molecular weight is 650 g/mol. The van der Waals surface area contributed by atoms with Crippen LogP contribution in [0.1, 0.15) is 0 Å². The van der Waals surface area contributed by atoms with Crippen molar-refractivity contribution in [2.45, 2.75) is 0 Å². The molecule has 0 aliphatic rings. The molecule has 0 aliphatic heterocycles. The van der Waals surface area contributed by atoms with Crippen molar-refractivity contribution >= 4 is 38.6 Å². The van der Waals surface area contributed by atoms with Crippen molar-refractivity contribution in [1.82, 2.24) is 0 Å². The largest absolute Gasteiger partial charge is 0.310 e. The van der Waals surface area contributed by atoms with Gasteiger partial charge in [-0.25, -0.2) is 0 Å². The molecule has 0 spiro atoms. The Kier molecular flexibility index (Phi) is 7.92. The van der Waals surface area contributed by atoms with E-state index in [2.05, 4.69) is 217 Å². The SMILES string of the molecule is c1ccc(-c2ccccc2-c2ccc(N(c3cccc(-c4cccc5ccccc45)c3)c3cccc(-c4cccc5ccccc45)c3)cc2)cc1. The first-order chi connectivity index (χ1) is 25.3. The molecular weight excluding hydrogens is 615 g/mol. The standard InChI is InChI=1S/C50H35N/c1-2-14-36(15-3-1)45-26-8-9-27-48(45)39-30-32-42(33-31-39)51(43-22-10-20-40(34-43)49-28-12-18-37-16-4-6-24-46(37)49)44-23-11-21-41(35-44)50-29-13-19-38-17-5-7-25-47(38)50/h1-35H. The lowest BCUT2D eigenvalue weighted by Gasteiger charge is -2.27. The minimum atomic E-state index is 1.10. The molecule has 0 N–H and O–H groups in total. The molecule has 1 heteroatoms. The molecule has 0 amide bonds. The molecule has 51 heavy (non-hydrogen) atoms. The lowest BCUT2D eigenvalue weighted by molar-refractivity contribution is 1.28. The molecule has 0 aromatic heterocycles. The number of nitrogens with zero attached hydrogens (tertiary/aromatic N) is 1. The third-order valence-corrected chi connectivity index (χ3v) is 9.86. The molecule has 0 atom stereocenters. The van der Waals surface area contributed by atoms with Crippen LogP contribution in [0.2, 0.25) is 0 Å². The van der Waals surface area contributed by atoms with E-state index in [1.54, 1.807) is 0 Å². The first kappa shape index (κ1) is 30.4. The summed E-state index contributed by atoms with van der Waals surface area (Å²) in [7, 11) is 0. The van der Waals surface area contributed by atoms with Gasteiger partial charge in [0.2, 0.25) is 0 Å². The minimum Gasteiger partial charge on any atom is -0.310 e. The average Bonchev–Trinajstić information content (AvgIpc) is 3.21. The van der Waals surface area contributed by atoms with Crippen molar-refractivity contribution in [2.24, 2.45) is 0 Å². The van der Waals surface area contributed by atoms with E-state index in [1.807, 2.05) is 0 Å². The molecule has 0 saturated carbocycles. The van der Waals surface area contributed by atoms with Crippen LogP contribution in [0, 0.1) is 0 Å². The predicted octanol–water partition coefficient (Wildman–Crippen LogP) is 14.1. The summed E-state index contributed by atoms with van der Waals surface area (Å²) in [6.07, 6.45) is 0. The minimum absolute atomic E-state index is 1.10. The summed E-state index contributed by atoms with van der Waals surface area (Å²) in [5.74, 6) is 0. The Balaban J connectivity index is 1.19. The molecule has 9 aromatic rings. The van der Waals surface area contributed by atoms with Gasteiger partial charge in [0.15, 0.2) is 0 Å². The van der Waals surface area contributed by atoms with Crippen LogP contribution in [-0.2, 0) is 0 Å². The fraction of sp³-hybridized carbons (Fsp3) is 0. The monoisotopic (exact) mass is 649 g/mol. The molecule has 0 fully saturated rings. The van der Waals surface area contributed by atoms with Crippen molar-refractivity contribution in [3.8, 4) is 44.5 Å². The first-order valence-corrected chi connectivity index (χ1v) is 17.5. The van der Waals surface area contributed by atoms with Gasteiger partial charge in [-0.3, -0.25) is 0 Å².